The number of fused-ring (bicyclic) bond motifs is 2. The smallest absolute Gasteiger partial charge is 0.398 e. The van der Waals surface area contributed by atoms with E-state index in [9.17, 15) is 32.7 Å². The van der Waals surface area contributed by atoms with E-state index in [1.807, 2.05) is 0 Å². The van der Waals surface area contributed by atoms with Gasteiger partial charge >= 0.3 is 12.1 Å². The quantitative estimate of drug-likeness (QED) is 0.298. The Kier molecular flexibility index (Phi) is 7.03. The second kappa shape index (κ2) is 10.7. The summed E-state index contributed by atoms with van der Waals surface area (Å²) in [5.74, 6) is -3.33. The first-order chi connectivity index (χ1) is 21.9. The molecule has 2 aromatic heterocycles. The van der Waals surface area contributed by atoms with Gasteiger partial charge in [-0.3, -0.25) is 9.59 Å². The van der Waals surface area contributed by atoms with E-state index >= 15 is 4.39 Å². The van der Waals surface area contributed by atoms with Crippen LogP contribution in [0.2, 0.25) is 5.02 Å². The maximum atomic E-state index is 15.3. The van der Waals surface area contributed by atoms with E-state index in [0.717, 1.165) is 10.7 Å². The summed E-state index contributed by atoms with van der Waals surface area (Å²) < 4.78 is 60.8. The average Bonchev–Trinajstić information content (AvgIpc) is 3.58. The molecule has 10 nitrogen and oxygen atoms in total. The summed E-state index contributed by atoms with van der Waals surface area (Å²) in [7, 11) is 0. The monoisotopic (exact) mass is 656 g/mol. The minimum Gasteiger partial charge on any atom is -0.478 e. The first-order valence-electron chi connectivity index (χ1n) is 14.6. The molecule has 0 saturated heterocycles. The van der Waals surface area contributed by atoms with Crippen molar-refractivity contribution in [1.29, 1.82) is 0 Å². The zero-order valence-electron chi connectivity index (χ0n) is 24.0. The van der Waals surface area contributed by atoms with Crippen LogP contribution in [0.4, 0.5) is 17.6 Å². The third kappa shape index (κ3) is 4.77. The van der Waals surface area contributed by atoms with E-state index in [4.69, 9.17) is 11.6 Å². The first-order valence-corrected chi connectivity index (χ1v) is 15.0. The molecule has 1 N–H and O–H groups in total. The fraction of sp³-hybridized carbons (Fsp3) is 0.355. The van der Waals surface area contributed by atoms with Crippen LogP contribution in [0.15, 0.2) is 42.7 Å². The largest absolute Gasteiger partial charge is 0.478 e. The third-order valence-electron chi connectivity index (χ3n) is 9.24. The second-order valence-electron chi connectivity index (χ2n) is 11.8. The Hall–Kier alpha value is -4.59. The van der Waals surface area contributed by atoms with E-state index in [0.29, 0.717) is 30.9 Å². The van der Waals surface area contributed by atoms with Gasteiger partial charge in [-0.1, -0.05) is 23.7 Å². The predicted molar refractivity (Wildman–Crippen MR) is 154 cm³/mol. The molecule has 3 aliphatic rings. The highest BCUT2D eigenvalue weighted by atomic mass is 35.5. The van der Waals surface area contributed by atoms with E-state index < -0.39 is 35.2 Å². The number of halogens is 5. The van der Waals surface area contributed by atoms with Gasteiger partial charge in [0.15, 0.2) is 0 Å². The molecule has 1 amide bonds. The van der Waals surface area contributed by atoms with Crippen molar-refractivity contribution in [2.75, 3.05) is 6.54 Å². The maximum Gasteiger partial charge on any atom is 0.398 e. The molecule has 15 heteroatoms. The molecule has 0 radical (unpaired) electrons. The number of carboxylic acid groups (broad SMARTS) is 1. The van der Waals surface area contributed by atoms with Crippen LogP contribution < -0.4 is 0 Å². The summed E-state index contributed by atoms with van der Waals surface area (Å²) in [6.45, 7) is 1.10. The van der Waals surface area contributed by atoms with Crippen molar-refractivity contribution < 1.29 is 37.1 Å². The average molecular weight is 657 g/mol. The predicted octanol–water partition coefficient (Wildman–Crippen LogP) is 5.06. The van der Waals surface area contributed by atoms with Crippen molar-refractivity contribution >= 4 is 29.4 Å². The summed E-state index contributed by atoms with van der Waals surface area (Å²) in [5.41, 5.74) is -2.48. The highest BCUT2D eigenvalue weighted by molar-refractivity contribution is 6.34. The van der Waals surface area contributed by atoms with Gasteiger partial charge in [0.25, 0.3) is 5.91 Å². The number of hydrogen-bond donors (Lipinski definition) is 1. The zero-order valence-corrected chi connectivity index (χ0v) is 24.8. The van der Waals surface area contributed by atoms with Gasteiger partial charge in [0, 0.05) is 30.0 Å². The van der Waals surface area contributed by atoms with Crippen LogP contribution in [-0.2, 0) is 36.1 Å². The van der Waals surface area contributed by atoms with E-state index in [1.54, 1.807) is 9.58 Å². The zero-order chi connectivity index (χ0) is 32.5. The Balaban J connectivity index is 1.32. The summed E-state index contributed by atoms with van der Waals surface area (Å²) in [6.07, 6.45) is -3.08. The standard InChI is InChI=1S/C31H25ClF4N6O4/c32-21-3-1-2-20(30(8-9-30)31(34,35)36)25(21)28(44)42-23-13-16(27(43)40-10-11-41-24(14-40)37-15-38-41)4-7-19(23)26(39-42)18-6-5-17(29(45)46)12-22(18)33/h1-3,5-6,12,15-16H,4,7-11,13-14H2,(H,45,46)/t16-/m0/s1. The van der Waals surface area contributed by atoms with Crippen molar-refractivity contribution in [2.45, 2.75) is 56.8 Å². The molecule has 238 valence electrons. The second-order valence-corrected chi connectivity index (χ2v) is 12.2. The van der Waals surface area contributed by atoms with E-state index in [-0.39, 0.29) is 76.8 Å². The molecule has 3 heterocycles. The number of benzene rings is 2. The normalized spacial score (nSPS) is 18.5. The Morgan fingerprint density at radius 2 is 1.87 bits per heavy atom. The number of carbonyl (C=O) groups is 3. The van der Waals surface area contributed by atoms with Crippen LogP contribution in [0.1, 0.15) is 62.6 Å². The van der Waals surface area contributed by atoms with Gasteiger partial charge in [-0.25, -0.2) is 18.9 Å². The number of aromatic carboxylic acids is 1. The molecular weight excluding hydrogens is 632 g/mol. The number of nitrogens with zero attached hydrogens (tertiary/aromatic N) is 6. The van der Waals surface area contributed by atoms with Gasteiger partial charge in [-0.15, -0.1) is 0 Å². The van der Waals surface area contributed by atoms with Crippen LogP contribution in [0.5, 0.6) is 0 Å². The SMILES string of the molecule is O=C(O)c1ccc(-c2nn(C(=O)c3c(Cl)cccc3C3(C(F)(F)F)CC3)c3c2CC[C@H](C(=O)N2CCn4ncnc4C2)C3)c(F)c1. The van der Waals surface area contributed by atoms with Crippen LogP contribution >= 0.6 is 11.6 Å². The van der Waals surface area contributed by atoms with Crippen LogP contribution in [0.25, 0.3) is 11.3 Å². The van der Waals surface area contributed by atoms with E-state index in [2.05, 4.69) is 15.2 Å². The van der Waals surface area contributed by atoms with Crippen molar-refractivity contribution in [3.63, 3.8) is 0 Å². The molecule has 0 bridgehead atoms. The molecule has 2 aromatic carbocycles. The third-order valence-corrected chi connectivity index (χ3v) is 9.56. The lowest BCUT2D eigenvalue weighted by Gasteiger charge is -2.32. The first kappa shape index (κ1) is 30.1. The Morgan fingerprint density at radius 3 is 2.57 bits per heavy atom. The maximum absolute atomic E-state index is 15.3. The number of aromatic nitrogens is 5. The summed E-state index contributed by atoms with van der Waals surface area (Å²) in [6, 6.07) is 7.19. The van der Waals surface area contributed by atoms with Crippen molar-refractivity contribution in [1.82, 2.24) is 29.4 Å². The molecule has 2 aliphatic carbocycles. The van der Waals surface area contributed by atoms with Crippen molar-refractivity contribution in [3.05, 3.63) is 87.3 Å². The van der Waals surface area contributed by atoms with Gasteiger partial charge in [-0.05, 0) is 55.5 Å². The number of hydrogen-bond acceptors (Lipinski definition) is 6. The molecule has 0 unspecified atom stereocenters. The fourth-order valence-electron chi connectivity index (χ4n) is 6.63. The van der Waals surface area contributed by atoms with Crippen LogP contribution in [0.3, 0.4) is 0 Å². The van der Waals surface area contributed by atoms with Gasteiger partial charge in [0.2, 0.25) is 5.91 Å². The molecule has 1 fully saturated rings. The Bertz CT molecular complexity index is 1930. The molecular formula is C31H25ClF4N6O4. The number of alkyl halides is 3. The number of amides is 1. The number of carboxylic acids is 1. The molecule has 0 spiro atoms. The summed E-state index contributed by atoms with van der Waals surface area (Å²) in [5, 5.41) is 17.7. The molecule has 46 heavy (non-hydrogen) atoms. The lowest BCUT2D eigenvalue weighted by molar-refractivity contribution is -0.160. The minimum atomic E-state index is -4.63. The van der Waals surface area contributed by atoms with Gasteiger partial charge in [-0.2, -0.15) is 28.1 Å². The highest BCUT2D eigenvalue weighted by Crippen LogP contribution is 2.60. The van der Waals surface area contributed by atoms with Crippen LogP contribution in [0, 0.1) is 11.7 Å². The molecule has 1 atom stereocenters. The Labute approximate surface area is 263 Å². The molecule has 7 rings (SSSR count). The number of rotatable bonds is 5. The minimum absolute atomic E-state index is 0.00905. The van der Waals surface area contributed by atoms with Crippen molar-refractivity contribution in [2.24, 2.45) is 5.92 Å². The fourth-order valence-corrected chi connectivity index (χ4v) is 6.89. The van der Waals surface area contributed by atoms with Gasteiger partial charge in [0.05, 0.1) is 46.0 Å². The lowest BCUT2D eigenvalue weighted by Crippen LogP contribution is -2.43. The van der Waals surface area contributed by atoms with Crippen LogP contribution in [-0.4, -0.2) is 65.1 Å². The molecule has 1 aliphatic heterocycles. The summed E-state index contributed by atoms with van der Waals surface area (Å²) in [4.78, 5) is 45.3. The van der Waals surface area contributed by atoms with Gasteiger partial charge < -0.3 is 10.0 Å². The number of carbonyl (C=O) groups excluding carboxylic acids is 2. The van der Waals surface area contributed by atoms with Gasteiger partial charge in [0.1, 0.15) is 18.0 Å². The lowest BCUT2D eigenvalue weighted by atomic mass is 9.84. The topological polar surface area (TPSA) is 123 Å². The highest BCUT2D eigenvalue weighted by Gasteiger charge is 2.65. The Morgan fingerprint density at radius 1 is 1.09 bits per heavy atom. The molecule has 1 saturated carbocycles. The van der Waals surface area contributed by atoms with E-state index in [1.165, 1.54) is 36.7 Å². The van der Waals surface area contributed by atoms with Crippen molar-refractivity contribution in [3.8, 4) is 11.3 Å². The summed E-state index contributed by atoms with van der Waals surface area (Å²) >= 11 is 6.43. The molecule has 4 aromatic rings.